The number of sulfonamides is 1. The Kier molecular flexibility index (Phi) is 7.57. The van der Waals surface area contributed by atoms with E-state index in [-0.39, 0.29) is 29.9 Å². The first-order chi connectivity index (χ1) is 10.4. The Hall–Kier alpha value is -1.05. The number of benzene rings is 2. The Bertz CT molecular complexity index is 732. The Morgan fingerprint density at radius 2 is 1.83 bits per heavy atom. The fraction of sp³-hybridized carbons (Fsp3) is 0.250. The molecule has 0 radical (unpaired) electrons. The molecular formula is C16H21ClN2O2S2. The molecule has 2 rings (SSSR count). The molecule has 0 aliphatic heterocycles. The van der Waals surface area contributed by atoms with Crippen LogP contribution in [0.25, 0.3) is 0 Å². The Morgan fingerprint density at radius 3 is 2.39 bits per heavy atom. The normalized spacial score (nSPS) is 12.5. The first-order valence-corrected chi connectivity index (χ1v) is 9.61. The Balaban J connectivity index is 0.00000264. The van der Waals surface area contributed by atoms with Crippen LogP contribution in [0.5, 0.6) is 0 Å². The van der Waals surface area contributed by atoms with Crippen molar-refractivity contribution in [2.75, 3.05) is 6.26 Å². The molecular weight excluding hydrogens is 352 g/mol. The molecule has 0 aliphatic rings. The lowest BCUT2D eigenvalue weighted by Crippen LogP contribution is -2.23. The maximum Gasteiger partial charge on any atom is 0.240 e. The van der Waals surface area contributed by atoms with Crippen molar-refractivity contribution in [1.82, 2.24) is 4.72 Å². The summed E-state index contributed by atoms with van der Waals surface area (Å²) in [5, 5.41) is 0. The maximum atomic E-state index is 12.3. The molecule has 0 spiro atoms. The number of nitrogens with one attached hydrogen (secondary N) is 1. The van der Waals surface area contributed by atoms with Crippen molar-refractivity contribution in [3.05, 3.63) is 59.7 Å². The molecule has 0 fully saturated rings. The minimum absolute atomic E-state index is 0. The van der Waals surface area contributed by atoms with Crippen molar-refractivity contribution in [2.45, 2.75) is 29.3 Å². The van der Waals surface area contributed by atoms with Crippen LogP contribution in [-0.2, 0) is 16.6 Å². The lowest BCUT2D eigenvalue weighted by Gasteiger charge is -2.09. The largest absolute Gasteiger partial charge is 0.324 e. The predicted molar refractivity (Wildman–Crippen MR) is 98.5 cm³/mol. The van der Waals surface area contributed by atoms with E-state index in [1.807, 2.05) is 43.5 Å². The van der Waals surface area contributed by atoms with E-state index in [0.29, 0.717) is 0 Å². The second-order valence-electron chi connectivity index (χ2n) is 5.03. The van der Waals surface area contributed by atoms with Gasteiger partial charge in [0.2, 0.25) is 10.0 Å². The van der Waals surface area contributed by atoms with Crippen LogP contribution < -0.4 is 10.5 Å². The number of nitrogens with two attached hydrogens (primary N) is 1. The van der Waals surface area contributed by atoms with E-state index >= 15 is 0 Å². The summed E-state index contributed by atoms with van der Waals surface area (Å²) in [6, 6.07) is 14.5. The molecule has 0 bridgehead atoms. The van der Waals surface area contributed by atoms with E-state index in [4.69, 9.17) is 5.73 Å². The van der Waals surface area contributed by atoms with Crippen LogP contribution >= 0.6 is 24.2 Å². The third-order valence-electron chi connectivity index (χ3n) is 3.32. The molecule has 23 heavy (non-hydrogen) atoms. The van der Waals surface area contributed by atoms with Gasteiger partial charge in [0.15, 0.2) is 0 Å². The van der Waals surface area contributed by atoms with Gasteiger partial charge in [0.1, 0.15) is 0 Å². The van der Waals surface area contributed by atoms with Gasteiger partial charge in [-0.3, -0.25) is 0 Å². The fourth-order valence-corrected chi connectivity index (χ4v) is 3.57. The van der Waals surface area contributed by atoms with Crippen LogP contribution in [0.3, 0.4) is 0 Å². The zero-order chi connectivity index (χ0) is 16.2. The highest BCUT2D eigenvalue weighted by molar-refractivity contribution is 7.98. The number of hydrogen-bond acceptors (Lipinski definition) is 4. The van der Waals surface area contributed by atoms with E-state index in [1.165, 1.54) is 11.8 Å². The van der Waals surface area contributed by atoms with Crippen LogP contribution in [-0.4, -0.2) is 14.7 Å². The minimum atomic E-state index is -3.51. The molecule has 7 heteroatoms. The first kappa shape index (κ1) is 20.0. The van der Waals surface area contributed by atoms with Gasteiger partial charge in [-0.2, -0.15) is 0 Å². The first-order valence-electron chi connectivity index (χ1n) is 6.90. The molecule has 0 amide bonds. The molecule has 4 nitrogen and oxygen atoms in total. The molecule has 1 atom stereocenters. The van der Waals surface area contributed by atoms with E-state index in [2.05, 4.69) is 4.72 Å². The van der Waals surface area contributed by atoms with Gasteiger partial charge in [-0.1, -0.05) is 30.3 Å². The molecule has 0 heterocycles. The third-order valence-corrected chi connectivity index (χ3v) is 5.45. The quantitative estimate of drug-likeness (QED) is 0.763. The molecule has 3 N–H and O–H groups in total. The molecule has 2 aromatic rings. The SMILES string of the molecule is CSc1cccc(S(=O)(=O)NCc2ccc(C(C)N)cc2)c1.Cl. The second kappa shape index (κ2) is 8.70. The average Bonchev–Trinajstić information content (AvgIpc) is 2.53. The summed E-state index contributed by atoms with van der Waals surface area (Å²) in [5.74, 6) is 0. The zero-order valence-electron chi connectivity index (χ0n) is 13.0. The van der Waals surface area contributed by atoms with Crippen molar-refractivity contribution in [3.8, 4) is 0 Å². The van der Waals surface area contributed by atoms with E-state index in [9.17, 15) is 8.42 Å². The van der Waals surface area contributed by atoms with Gasteiger partial charge >= 0.3 is 0 Å². The molecule has 126 valence electrons. The van der Waals surface area contributed by atoms with Crippen molar-refractivity contribution >= 4 is 34.2 Å². The Labute approximate surface area is 148 Å². The minimum Gasteiger partial charge on any atom is -0.324 e. The second-order valence-corrected chi connectivity index (χ2v) is 7.68. The van der Waals surface area contributed by atoms with Gasteiger partial charge in [-0.05, 0) is 42.5 Å². The standard InChI is InChI=1S/C16H20N2O2S2.ClH/c1-12(17)14-8-6-13(7-9-14)11-18-22(19,20)16-5-3-4-15(10-16)21-2;/h3-10,12,18H,11,17H2,1-2H3;1H. The average molecular weight is 373 g/mol. The predicted octanol–water partition coefficient (Wildman–Crippen LogP) is 3.33. The number of hydrogen-bond donors (Lipinski definition) is 2. The molecule has 0 saturated heterocycles. The van der Waals surface area contributed by atoms with Crippen LogP contribution in [0.4, 0.5) is 0 Å². The summed E-state index contributed by atoms with van der Waals surface area (Å²) in [6.07, 6.45) is 1.92. The summed E-state index contributed by atoms with van der Waals surface area (Å²) in [5.41, 5.74) is 7.72. The van der Waals surface area contributed by atoms with Crippen molar-refractivity contribution < 1.29 is 8.42 Å². The molecule has 0 saturated carbocycles. The molecule has 0 aromatic heterocycles. The molecule has 2 aromatic carbocycles. The van der Waals surface area contributed by atoms with Gasteiger partial charge < -0.3 is 5.73 Å². The summed E-state index contributed by atoms with van der Waals surface area (Å²) < 4.78 is 27.2. The van der Waals surface area contributed by atoms with Crippen LogP contribution in [0.15, 0.2) is 58.3 Å². The number of halogens is 1. The van der Waals surface area contributed by atoms with Crippen LogP contribution in [0.1, 0.15) is 24.1 Å². The summed E-state index contributed by atoms with van der Waals surface area (Å²) in [7, 11) is -3.51. The van der Waals surface area contributed by atoms with Gasteiger partial charge in [0, 0.05) is 17.5 Å². The van der Waals surface area contributed by atoms with Gasteiger partial charge in [-0.15, -0.1) is 24.2 Å². The number of thioether (sulfide) groups is 1. The topological polar surface area (TPSA) is 72.2 Å². The highest BCUT2D eigenvalue weighted by atomic mass is 35.5. The Morgan fingerprint density at radius 1 is 1.17 bits per heavy atom. The van der Waals surface area contributed by atoms with Crippen LogP contribution in [0, 0.1) is 0 Å². The highest BCUT2D eigenvalue weighted by Gasteiger charge is 2.14. The van der Waals surface area contributed by atoms with Crippen molar-refractivity contribution in [1.29, 1.82) is 0 Å². The summed E-state index contributed by atoms with van der Waals surface area (Å²) in [6.45, 7) is 2.17. The van der Waals surface area contributed by atoms with Crippen molar-refractivity contribution in [3.63, 3.8) is 0 Å². The smallest absolute Gasteiger partial charge is 0.240 e. The molecule has 1 unspecified atom stereocenters. The maximum absolute atomic E-state index is 12.3. The summed E-state index contributed by atoms with van der Waals surface area (Å²) >= 11 is 1.51. The third kappa shape index (κ3) is 5.51. The molecule has 0 aliphatic carbocycles. The van der Waals surface area contributed by atoms with E-state index in [0.717, 1.165) is 16.0 Å². The lowest BCUT2D eigenvalue weighted by molar-refractivity contribution is 0.581. The monoisotopic (exact) mass is 372 g/mol. The highest BCUT2D eigenvalue weighted by Crippen LogP contribution is 2.19. The van der Waals surface area contributed by atoms with Gasteiger partial charge in [0.25, 0.3) is 0 Å². The lowest BCUT2D eigenvalue weighted by atomic mass is 10.1. The zero-order valence-corrected chi connectivity index (χ0v) is 15.5. The van der Waals surface area contributed by atoms with Gasteiger partial charge in [0.05, 0.1) is 4.90 Å². The van der Waals surface area contributed by atoms with Crippen molar-refractivity contribution in [2.24, 2.45) is 5.73 Å². The van der Waals surface area contributed by atoms with Crippen LogP contribution in [0.2, 0.25) is 0 Å². The summed E-state index contributed by atoms with van der Waals surface area (Å²) in [4.78, 5) is 1.20. The fourth-order valence-electron chi connectivity index (χ4n) is 1.97. The van der Waals surface area contributed by atoms with Gasteiger partial charge in [-0.25, -0.2) is 13.1 Å². The number of rotatable bonds is 6. The van der Waals surface area contributed by atoms with E-state index < -0.39 is 10.0 Å². The van der Waals surface area contributed by atoms with E-state index in [1.54, 1.807) is 18.2 Å².